The lowest BCUT2D eigenvalue weighted by Gasteiger charge is -2.27. The average molecular weight is 411 g/mol. The van der Waals surface area contributed by atoms with Crippen LogP contribution in [0.3, 0.4) is 0 Å². The quantitative estimate of drug-likeness (QED) is 0.776. The predicted molar refractivity (Wildman–Crippen MR) is 96.0 cm³/mol. The molecular weight excluding hydrogens is 391 g/mol. The second kappa shape index (κ2) is 8.55. The summed E-state index contributed by atoms with van der Waals surface area (Å²) in [5.74, 6) is -0.283. The first-order valence-electron chi connectivity index (χ1n) is 7.66. The third-order valence-corrected chi connectivity index (χ3v) is 5.46. The number of nitrogens with one attached hydrogen (secondary N) is 1. The largest absolute Gasteiger partial charge is 0.465 e. The van der Waals surface area contributed by atoms with Crippen LogP contribution in [0.25, 0.3) is 0 Å². The first kappa shape index (κ1) is 20.3. The van der Waals surface area contributed by atoms with Gasteiger partial charge in [0.1, 0.15) is 0 Å². The lowest BCUT2D eigenvalue weighted by Crippen LogP contribution is -2.36. The third kappa shape index (κ3) is 6.00. The van der Waals surface area contributed by atoms with Gasteiger partial charge < -0.3 is 14.7 Å². The van der Waals surface area contributed by atoms with E-state index in [0.29, 0.717) is 16.5 Å². The Morgan fingerprint density at radius 3 is 2.72 bits per heavy atom. The standard InChI is InChI=1S/C15H20Cl2N2O5S/c1-25(22,23)18-5-4-14-11(9-19(15(20)21)6-7-24-14)10-2-3-12(16)13(17)8-10/h2-3,8,11,14,18H,4-7,9H2,1H3,(H,20,21)/t11-,14-/m0/s1. The molecule has 0 saturated carbocycles. The Hall–Kier alpha value is -1.06. The van der Waals surface area contributed by atoms with Crippen LogP contribution in [0.2, 0.25) is 10.0 Å². The molecule has 1 aromatic rings. The molecule has 0 spiro atoms. The highest BCUT2D eigenvalue weighted by Gasteiger charge is 2.31. The fourth-order valence-corrected chi connectivity index (χ4v) is 3.58. The smallest absolute Gasteiger partial charge is 0.407 e. The zero-order chi connectivity index (χ0) is 18.6. The number of nitrogens with zero attached hydrogens (tertiary/aromatic N) is 1. The number of amides is 1. The maximum atomic E-state index is 11.4. The Morgan fingerprint density at radius 2 is 2.12 bits per heavy atom. The molecule has 140 valence electrons. The molecular formula is C15H20Cl2N2O5S. The molecule has 1 aliphatic rings. The summed E-state index contributed by atoms with van der Waals surface area (Å²) in [6, 6.07) is 5.13. The van der Waals surface area contributed by atoms with Crippen LogP contribution in [0.1, 0.15) is 17.9 Å². The molecule has 0 aliphatic carbocycles. The van der Waals surface area contributed by atoms with Crippen molar-refractivity contribution >= 4 is 39.3 Å². The van der Waals surface area contributed by atoms with Crippen molar-refractivity contribution in [3.8, 4) is 0 Å². The summed E-state index contributed by atoms with van der Waals surface area (Å²) in [5.41, 5.74) is 0.798. The first-order valence-corrected chi connectivity index (χ1v) is 10.3. The van der Waals surface area contributed by atoms with Gasteiger partial charge in [0, 0.05) is 25.6 Å². The topological polar surface area (TPSA) is 95.9 Å². The molecule has 10 heteroatoms. The van der Waals surface area contributed by atoms with Gasteiger partial charge in [0.2, 0.25) is 10.0 Å². The maximum absolute atomic E-state index is 11.4. The van der Waals surface area contributed by atoms with Crippen molar-refractivity contribution in [3.63, 3.8) is 0 Å². The Kier molecular flexibility index (Phi) is 6.93. The number of benzene rings is 1. The summed E-state index contributed by atoms with van der Waals surface area (Å²) in [5, 5.41) is 10.1. The number of halogens is 2. The van der Waals surface area contributed by atoms with Crippen LogP contribution in [0.5, 0.6) is 0 Å². The number of rotatable bonds is 5. The van der Waals surface area contributed by atoms with Gasteiger partial charge in [-0.3, -0.25) is 0 Å². The minimum absolute atomic E-state index is 0.203. The van der Waals surface area contributed by atoms with E-state index in [2.05, 4.69) is 4.72 Å². The molecule has 1 saturated heterocycles. The summed E-state index contributed by atoms with van der Waals surface area (Å²) in [6.45, 7) is 0.933. The molecule has 25 heavy (non-hydrogen) atoms. The van der Waals surface area contributed by atoms with Crippen molar-refractivity contribution < 1.29 is 23.1 Å². The molecule has 1 amide bonds. The Labute approximate surface area is 156 Å². The summed E-state index contributed by atoms with van der Waals surface area (Å²) in [4.78, 5) is 12.7. The monoisotopic (exact) mass is 410 g/mol. The minimum atomic E-state index is -3.30. The van der Waals surface area contributed by atoms with Crippen LogP contribution in [-0.4, -0.2) is 63.1 Å². The Morgan fingerprint density at radius 1 is 1.40 bits per heavy atom. The van der Waals surface area contributed by atoms with Crippen molar-refractivity contribution in [2.24, 2.45) is 0 Å². The molecule has 0 aromatic heterocycles. The van der Waals surface area contributed by atoms with Gasteiger partial charge in [-0.15, -0.1) is 0 Å². The SMILES string of the molecule is CS(=O)(=O)NCC[C@@H]1OCCN(C(=O)O)C[C@H]1c1ccc(Cl)c(Cl)c1. The number of ether oxygens (including phenoxy) is 1. The van der Waals surface area contributed by atoms with Gasteiger partial charge in [-0.1, -0.05) is 29.3 Å². The van der Waals surface area contributed by atoms with E-state index in [0.717, 1.165) is 11.8 Å². The van der Waals surface area contributed by atoms with Crippen molar-refractivity contribution in [1.29, 1.82) is 0 Å². The molecule has 1 heterocycles. The van der Waals surface area contributed by atoms with Gasteiger partial charge in [0.15, 0.2) is 0 Å². The molecule has 1 fully saturated rings. The molecule has 2 N–H and O–H groups in total. The van der Waals surface area contributed by atoms with E-state index in [1.165, 1.54) is 4.90 Å². The first-order chi connectivity index (χ1) is 11.7. The van der Waals surface area contributed by atoms with Crippen LogP contribution in [0.4, 0.5) is 4.79 Å². The Balaban J connectivity index is 2.23. The molecule has 0 radical (unpaired) electrons. The van der Waals surface area contributed by atoms with Gasteiger partial charge in [0.05, 0.1) is 29.0 Å². The van der Waals surface area contributed by atoms with Crippen molar-refractivity contribution in [2.75, 3.05) is 32.5 Å². The highest BCUT2D eigenvalue weighted by molar-refractivity contribution is 7.88. The Bertz CT molecular complexity index is 729. The normalized spacial score (nSPS) is 21.8. The van der Waals surface area contributed by atoms with Crippen molar-refractivity contribution in [1.82, 2.24) is 9.62 Å². The van der Waals surface area contributed by atoms with Gasteiger partial charge in [-0.25, -0.2) is 17.9 Å². The van der Waals surface area contributed by atoms with Crippen LogP contribution >= 0.6 is 23.2 Å². The van der Waals surface area contributed by atoms with E-state index in [4.69, 9.17) is 27.9 Å². The molecule has 7 nitrogen and oxygen atoms in total. The van der Waals surface area contributed by atoms with Crippen LogP contribution in [-0.2, 0) is 14.8 Å². The van der Waals surface area contributed by atoms with Gasteiger partial charge in [0.25, 0.3) is 0 Å². The third-order valence-electron chi connectivity index (χ3n) is 3.99. The van der Waals surface area contributed by atoms with E-state index in [1.807, 2.05) is 0 Å². The van der Waals surface area contributed by atoms with E-state index < -0.39 is 16.1 Å². The molecule has 0 unspecified atom stereocenters. The molecule has 2 rings (SSSR count). The summed E-state index contributed by atoms with van der Waals surface area (Å²) in [6.07, 6.45) is 0.120. The fourth-order valence-electron chi connectivity index (χ4n) is 2.78. The van der Waals surface area contributed by atoms with Crippen LogP contribution in [0.15, 0.2) is 18.2 Å². The van der Waals surface area contributed by atoms with E-state index >= 15 is 0 Å². The van der Waals surface area contributed by atoms with Crippen molar-refractivity contribution in [2.45, 2.75) is 18.4 Å². The molecule has 0 bridgehead atoms. The zero-order valence-corrected chi connectivity index (χ0v) is 15.9. The van der Waals surface area contributed by atoms with E-state index in [-0.39, 0.29) is 38.3 Å². The fraction of sp³-hybridized carbons (Fsp3) is 0.533. The zero-order valence-electron chi connectivity index (χ0n) is 13.6. The number of hydrogen-bond donors (Lipinski definition) is 2. The predicted octanol–water partition coefficient (Wildman–Crippen LogP) is 2.40. The summed E-state index contributed by atoms with van der Waals surface area (Å²) in [7, 11) is -3.30. The lowest BCUT2D eigenvalue weighted by molar-refractivity contribution is 0.0463. The molecule has 1 aliphatic heterocycles. The maximum Gasteiger partial charge on any atom is 0.407 e. The molecule has 1 aromatic carbocycles. The minimum Gasteiger partial charge on any atom is -0.465 e. The van der Waals surface area contributed by atoms with Gasteiger partial charge in [-0.2, -0.15) is 0 Å². The molecule has 2 atom stereocenters. The van der Waals surface area contributed by atoms with E-state index in [9.17, 15) is 18.3 Å². The number of hydrogen-bond acceptors (Lipinski definition) is 4. The number of carboxylic acid groups (broad SMARTS) is 1. The van der Waals surface area contributed by atoms with Crippen LogP contribution < -0.4 is 4.72 Å². The lowest BCUT2D eigenvalue weighted by atomic mass is 9.91. The van der Waals surface area contributed by atoms with E-state index in [1.54, 1.807) is 18.2 Å². The highest BCUT2D eigenvalue weighted by Crippen LogP contribution is 2.32. The van der Waals surface area contributed by atoms with Gasteiger partial charge in [-0.05, 0) is 24.1 Å². The summed E-state index contributed by atoms with van der Waals surface area (Å²) >= 11 is 12.0. The second-order valence-electron chi connectivity index (χ2n) is 5.87. The average Bonchev–Trinajstić information content (AvgIpc) is 2.72. The van der Waals surface area contributed by atoms with Crippen LogP contribution in [0, 0.1) is 0 Å². The van der Waals surface area contributed by atoms with Gasteiger partial charge >= 0.3 is 6.09 Å². The summed E-state index contributed by atoms with van der Waals surface area (Å²) < 4.78 is 30.7. The second-order valence-corrected chi connectivity index (χ2v) is 8.52. The van der Waals surface area contributed by atoms with Crippen molar-refractivity contribution in [3.05, 3.63) is 33.8 Å². The number of carbonyl (C=O) groups is 1. The highest BCUT2D eigenvalue weighted by atomic mass is 35.5. The number of sulfonamides is 1.